The van der Waals surface area contributed by atoms with E-state index in [1.807, 2.05) is 4.90 Å². The Labute approximate surface area is 232 Å². The van der Waals surface area contributed by atoms with Gasteiger partial charge in [0.05, 0.1) is 18.3 Å². The van der Waals surface area contributed by atoms with E-state index >= 15 is 0 Å². The Morgan fingerprint density at radius 1 is 1.11 bits per heavy atom. The molecule has 0 radical (unpaired) electrons. The Hall–Kier alpha value is -3.76. The number of likely N-dealkylation sites (tertiary alicyclic amines) is 1. The number of hydrogen-bond donors (Lipinski definition) is 5. The summed E-state index contributed by atoms with van der Waals surface area (Å²) in [5, 5.41) is 35.7. The number of aliphatic carboxylic acids is 2. The zero-order chi connectivity index (χ0) is 26.0. The minimum atomic E-state index is -1.06. The lowest BCUT2D eigenvalue weighted by atomic mass is 9.94. The van der Waals surface area contributed by atoms with E-state index in [-0.39, 0.29) is 49.7 Å². The molecule has 1 aliphatic rings. The van der Waals surface area contributed by atoms with E-state index in [1.165, 1.54) is 0 Å². The summed E-state index contributed by atoms with van der Waals surface area (Å²) in [6.45, 7) is 2.83. The van der Waals surface area contributed by atoms with E-state index in [4.69, 9.17) is 21.3 Å². The highest BCUT2D eigenvalue weighted by Gasteiger charge is 2.26. The fourth-order valence-corrected chi connectivity index (χ4v) is 4.63. The second-order valence-corrected chi connectivity index (χ2v) is 9.03. The Morgan fingerprint density at radius 3 is 2.34 bits per heavy atom. The van der Waals surface area contributed by atoms with Crippen molar-refractivity contribution in [2.24, 2.45) is 5.73 Å². The van der Waals surface area contributed by atoms with Crippen LogP contribution in [-0.4, -0.2) is 62.5 Å². The van der Waals surface area contributed by atoms with Gasteiger partial charge in [0.2, 0.25) is 0 Å². The lowest BCUT2D eigenvalue weighted by Crippen LogP contribution is -2.28. The number of carbonyl (C=O) groups is 2. The second kappa shape index (κ2) is 12.7. The van der Waals surface area contributed by atoms with E-state index in [2.05, 4.69) is 0 Å². The molecule has 0 amide bonds. The maximum Gasteiger partial charge on any atom is 0.323 e. The molecule has 3 aromatic rings. The lowest BCUT2D eigenvalue weighted by Gasteiger charge is -2.18. The van der Waals surface area contributed by atoms with Crippen LogP contribution in [0.15, 0.2) is 48.5 Å². The maximum absolute atomic E-state index is 12.2. The molecule has 6 N–H and O–H groups in total. The van der Waals surface area contributed by atoms with Crippen molar-refractivity contribution in [2.75, 3.05) is 13.1 Å². The number of benzene rings is 2. The number of nitrogens with zero attached hydrogens (tertiary/aromatic N) is 2. The summed E-state index contributed by atoms with van der Waals surface area (Å²) < 4.78 is 7.58. The molecule has 0 spiro atoms. The van der Waals surface area contributed by atoms with Crippen LogP contribution in [0.25, 0.3) is 10.9 Å². The first kappa shape index (κ1) is 30.5. The average Bonchev–Trinajstić information content (AvgIpc) is 3.42. The van der Waals surface area contributed by atoms with E-state index in [0.717, 1.165) is 18.4 Å². The molecule has 0 aliphatic carbocycles. The summed E-state index contributed by atoms with van der Waals surface area (Å²) in [4.78, 5) is 25.8. The van der Waals surface area contributed by atoms with Gasteiger partial charge in [-0.1, -0.05) is 24.3 Å². The summed E-state index contributed by atoms with van der Waals surface area (Å²) in [5.41, 5.74) is 7.79. The quantitative estimate of drug-likeness (QED) is 0.195. The van der Waals surface area contributed by atoms with Gasteiger partial charge in [0.1, 0.15) is 24.2 Å². The molecule has 2 atom stereocenters. The Bertz CT molecular complexity index is 1340. The average molecular weight is 564 g/mol. The third kappa shape index (κ3) is 6.76. The number of carboxylic acids is 2. The molecule has 1 fully saturated rings. The molecule has 4 rings (SSSR count). The molecule has 1 aromatic heterocycles. The van der Waals surface area contributed by atoms with Crippen molar-refractivity contribution in [3.05, 3.63) is 65.4 Å². The lowest BCUT2D eigenvalue weighted by molar-refractivity contribution is -0.139. The van der Waals surface area contributed by atoms with Crippen LogP contribution in [0.3, 0.4) is 0 Å². The van der Waals surface area contributed by atoms with Crippen LogP contribution in [0.2, 0.25) is 0 Å². The smallest absolute Gasteiger partial charge is 0.323 e. The Kier molecular flexibility index (Phi) is 10.1. The Morgan fingerprint density at radius 2 is 1.79 bits per heavy atom. The van der Waals surface area contributed by atoms with Crippen LogP contribution in [-0.2, 0) is 22.6 Å². The molecule has 38 heavy (non-hydrogen) atoms. The molecule has 10 nitrogen and oxygen atoms in total. The number of hydrogen-bond acceptors (Lipinski definition) is 5. The number of nitrogen functional groups attached to an aromatic ring is 1. The number of halogens is 2. The first-order valence-corrected chi connectivity index (χ1v) is 11.6. The number of amidine groups is 2. The van der Waals surface area contributed by atoms with Crippen LogP contribution in [0.1, 0.15) is 36.1 Å². The van der Waals surface area contributed by atoms with Gasteiger partial charge in [0, 0.05) is 36.2 Å². The molecule has 1 saturated heterocycles. The van der Waals surface area contributed by atoms with Gasteiger partial charge >= 0.3 is 11.9 Å². The maximum atomic E-state index is 12.2. The molecule has 1 aliphatic heterocycles. The zero-order valence-corrected chi connectivity index (χ0v) is 22.3. The minimum Gasteiger partial charge on any atom is -0.489 e. The van der Waals surface area contributed by atoms with Crippen molar-refractivity contribution in [3.63, 3.8) is 0 Å². The molecule has 12 heteroatoms. The van der Waals surface area contributed by atoms with Gasteiger partial charge in [-0.25, -0.2) is 0 Å². The van der Waals surface area contributed by atoms with Gasteiger partial charge in [-0.2, -0.15) is 0 Å². The first-order chi connectivity index (χ1) is 17.1. The summed E-state index contributed by atoms with van der Waals surface area (Å²) >= 11 is 0. The highest BCUT2D eigenvalue weighted by atomic mass is 35.5. The highest BCUT2D eigenvalue weighted by molar-refractivity contribution is 5.99. The van der Waals surface area contributed by atoms with Crippen molar-refractivity contribution >= 4 is 59.3 Å². The number of aromatic nitrogens is 1. The fourth-order valence-electron chi connectivity index (χ4n) is 4.63. The zero-order valence-electron chi connectivity index (χ0n) is 20.7. The van der Waals surface area contributed by atoms with Crippen LogP contribution < -0.4 is 10.5 Å². The monoisotopic (exact) mass is 563 g/mol. The topological polar surface area (TPSA) is 166 Å². The molecular formula is C26H31Cl2N5O5. The standard InChI is InChI=1S/C26H29N5O5.2ClH/c1-15(27)30-9-8-21(13-30)36-20-6-4-16(5-7-20)22(26(34)35)12-19-10-17-2-3-18(25(28)29)11-23(17)31(19)14-24(32)33;;/h2-7,10-11,21-22,27H,8-9,12-14H2,1H3,(H3,28,29)(H,32,33)(H,34,35);2*1H/t21-,22?;;/m0../s1. The van der Waals surface area contributed by atoms with Crippen molar-refractivity contribution in [1.29, 1.82) is 10.8 Å². The number of rotatable bonds is 9. The number of fused-ring (bicyclic) bond motifs is 1. The van der Waals surface area contributed by atoms with Gasteiger partial charge in [-0.15, -0.1) is 24.8 Å². The van der Waals surface area contributed by atoms with Crippen molar-refractivity contribution < 1.29 is 24.5 Å². The second-order valence-electron chi connectivity index (χ2n) is 9.03. The molecule has 204 valence electrons. The third-order valence-electron chi connectivity index (χ3n) is 6.51. The van der Waals surface area contributed by atoms with Crippen LogP contribution in [0.4, 0.5) is 0 Å². The van der Waals surface area contributed by atoms with E-state index in [1.54, 1.807) is 60.0 Å². The van der Waals surface area contributed by atoms with Crippen LogP contribution >= 0.6 is 24.8 Å². The predicted octanol–water partition coefficient (Wildman–Crippen LogP) is 3.71. The van der Waals surface area contributed by atoms with Gasteiger partial charge in [0.15, 0.2) is 0 Å². The third-order valence-corrected chi connectivity index (χ3v) is 6.51. The summed E-state index contributed by atoms with van der Waals surface area (Å²) in [5.74, 6) is -1.96. The predicted molar refractivity (Wildman–Crippen MR) is 150 cm³/mol. The van der Waals surface area contributed by atoms with Crippen molar-refractivity contribution in [3.8, 4) is 5.75 Å². The van der Waals surface area contributed by atoms with Gasteiger partial charge in [-0.05, 0) is 42.1 Å². The first-order valence-electron chi connectivity index (χ1n) is 11.6. The fraction of sp³-hybridized carbons (Fsp3) is 0.308. The molecule has 0 saturated carbocycles. The summed E-state index contributed by atoms with van der Waals surface area (Å²) in [6.07, 6.45) is 0.871. The van der Waals surface area contributed by atoms with Gasteiger partial charge in [0.25, 0.3) is 0 Å². The summed E-state index contributed by atoms with van der Waals surface area (Å²) in [7, 11) is 0. The highest BCUT2D eigenvalue weighted by Crippen LogP contribution is 2.29. The van der Waals surface area contributed by atoms with E-state index in [0.29, 0.717) is 40.5 Å². The molecule has 2 heterocycles. The largest absolute Gasteiger partial charge is 0.489 e. The number of nitrogens with one attached hydrogen (secondary N) is 2. The minimum absolute atomic E-state index is 0. The SMILES string of the molecule is CC(=N)N1CC[C@H](Oc2ccc(C(Cc3cc4ccc(C(=N)N)cc4n3CC(=O)O)C(=O)O)cc2)C1.Cl.Cl. The van der Waals surface area contributed by atoms with Gasteiger partial charge < -0.3 is 30.2 Å². The Balaban J connectivity index is 0.00000253. The summed E-state index contributed by atoms with van der Waals surface area (Å²) in [6, 6.07) is 13.8. The normalized spacial score (nSPS) is 15.3. The number of carboxylic acid groups (broad SMARTS) is 2. The van der Waals surface area contributed by atoms with Crippen LogP contribution in [0, 0.1) is 10.8 Å². The van der Waals surface area contributed by atoms with E-state index < -0.39 is 17.9 Å². The van der Waals surface area contributed by atoms with Crippen molar-refractivity contribution in [2.45, 2.75) is 38.3 Å². The molecule has 0 bridgehead atoms. The number of nitrogens with two attached hydrogens (primary N) is 1. The van der Waals surface area contributed by atoms with E-state index in [9.17, 15) is 19.8 Å². The van der Waals surface area contributed by atoms with Crippen molar-refractivity contribution in [1.82, 2.24) is 9.47 Å². The number of ether oxygens (including phenoxy) is 1. The molecular weight excluding hydrogens is 533 g/mol. The molecule has 1 unspecified atom stereocenters. The van der Waals surface area contributed by atoms with Crippen LogP contribution in [0.5, 0.6) is 5.75 Å². The molecule has 2 aromatic carbocycles. The van der Waals surface area contributed by atoms with Gasteiger partial charge in [-0.3, -0.25) is 20.4 Å².